The van der Waals surface area contributed by atoms with E-state index >= 15 is 0 Å². The molecule has 0 saturated carbocycles. The molecule has 3 rings (SSSR count). The Morgan fingerprint density at radius 1 is 1.27 bits per heavy atom. The van der Waals surface area contributed by atoms with Crippen LogP contribution in [0.2, 0.25) is 5.02 Å². The number of carbonyl (C=O) groups is 1. The van der Waals surface area contributed by atoms with Crippen molar-refractivity contribution in [3.05, 3.63) is 83.4 Å². The Morgan fingerprint density at radius 2 is 2.08 bits per heavy atom. The zero-order valence-electron chi connectivity index (χ0n) is 14.2. The molecule has 0 aliphatic carbocycles. The molecule has 0 spiro atoms. The summed E-state index contributed by atoms with van der Waals surface area (Å²) in [5, 5.41) is 3.51. The number of amides is 1. The molecule has 0 aliphatic heterocycles. The number of hydrogen-bond donors (Lipinski definition) is 1. The maximum Gasteiger partial charge on any atom is 0.244 e. The maximum atomic E-state index is 12.0. The minimum atomic E-state index is -0.169. The highest BCUT2D eigenvalue weighted by atomic mass is 35.5. The molecule has 0 saturated heterocycles. The van der Waals surface area contributed by atoms with Gasteiger partial charge in [0.1, 0.15) is 5.75 Å². The van der Waals surface area contributed by atoms with Crippen LogP contribution in [0.3, 0.4) is 0 Å². The van der Waals surface area contributed by atoms with E-state index in [1.165, 1.54) is 6.08 Å². The van der Waals surface area contributed by atoms with Gasteiger partial charge in [0.2, 0.25) is 5.91 Å². The summed E-state index contributed by atoms with van der Waals surface area (Å²) in [6.45, 7) is 0.448. The summed E-state index contributed by atoms with van der Waals surface area (Å²) in [5.74, 6) is 0.532. The normalized spacial score (nSPS) is 10.8. The smallest absolute Gasteiger partial charge is 0.244 e. The number of carbonyl (C=O) groups excluding carboxylic acids is 1. The van der Waals surface area contributed by atoms with Crippen molar-refractivity contribution in [2.24, 2.45) is 0 Å². The minimum Gasteiger partial charge on any atom is -0.495 e. The largest absolute Gasteiger partial charge is 0.495 e. The third kappa shape index (κ3) is 4.52. The zero-order valence-corrected chi connectivity index (χ0v) is 15.0. The topological polar surface area (TPSA) is 56.1 Å². The Labute approximate surface area is 156 Å². The summed E-state index contributed by atoms with van der Waals surface area (Å²) in [5.41, 5.74) is 2.74. The monoisotopic (exact) mass is 367 g/mol. The molecule has 3 aromatic rings. The average Bonchev–Trinajstić information content (AvgIpc) is 3.20. The summed E-state index contributed by atoms with van der Waals surface area (Å²) >= 11 is 5.85. The third-order valence-electron chi connectivity index (χ3n) is 3.79. The molecule has 5 nitrogen and oxygen atoms in total. The molecule has 1 N–H and O–H groups in total. The predicted molar refractivity (Wildman–Crippen MR) is 102 cm³/mol. The van der Waals surface area contributed by atoms with E-state index in [2.05, 4.69) is 10.3 Å². The van der Waals surface area contributed by atoms with Gasteiger partial charge in [0, 0.05) is 30.0 Å². The number of ether oxygens (including phenoxy) is 1. The van der Waals surface area contributed by atoms with Crippen LogP contribution in [-0.2, 0) is 11.3 Å². The average molecular weight is 368 g/mol. The van der Waals surface area contributed by atoms with Gasteiger partial charge in [0.05, 0.1) is 19.1 Å². The highest BCUT2D eigenvalue weighted by Gasteiger charge is 2.05. The number of benzene rings is 2. The van der Waals surface area contributed by atoms with E-state index in [0.29, 0.717) is 17.3 Å². The van der Waals surface area contributed by atoms with Gasteiger partial charge in [0.15, 0.2) is 0 Å². The van der Waals surface area contributed by atoms with Crippen molar-refractivity contribution < 1.29 is 9.53 Å². The van der Waals surface area contributed by atoms with Gasteiger partial charge >= 0.3 is 0 Å². The minimum absolute atomic E-state index is 0.169. The summed E-state index contributed by atoms with van der Waals surface area (Å²) in [4.78, 5) is 16.0. The molecule has 2 aromatic carbocycles. The number of nitrogens with zero attached hydrogens (tertiary/aromatic N) is 2. The molecule has 0 unspecified atom stereocenters. The van der Waals surface area contributed by atoms with Crippen molar-refractivity contribution in [2.45, 2.75) is 6.54 Å². The molecule has 0 fully saturated rings. The van der Waals surface area contributed by atoms with E-state index < -0.39 is 0 Å². The highest BCUT2D eigenvalue weighted by molar-refractivity contribution is 6.30. The Hall–Kier alpha value is -3.05. The maximum absolute atomic E-state index is 12.0. The van der Waals surface area contributed by atoms with Crippen LogP contribution in [-0.4, -0.2) is 22.6 Å². The number of hydrogen-bond acceptors (Lipinski definition) is 3. The van der Waals surface area contributed by atoms with Crippen LogP contribution in [0.15, 0.2) is 67.3 Å². The first-order chi connectivity index (χ1) is 12.7. The van der Waals surface area contributed by atoms with Gasteiger partial charge in [-0.1, -0.05) is 29.8 Å². The van der Waals surface area contributed by atoms with Gasteiger partial charge in [0.25, 0.3) is 0 Å². The van der Waals surface area contributed by atoms with Gasteiger partial charge < -0.3 is 14.6 Å². The van der Waals surface area contributed by atoms with E-state index in [1.54, 1.807) is 37.8 Å². The van der Waals surface area contributed by atoms with Crippen LogP contribution in [0.4, 0.5) is 0 Å². The standard InChI is InChI=1S/C20H18ClN3O2/c1-26-19-12-15(4-8-18(19)24-11-10-22-14-24)5-9-20(25)23-13-16-2-6-17(21)7-3-16/h2-12,14H,13H2,1H3,(H,23,25)/b9-5+. The fraction of sp³-hybridized carbons (Fsp3) is 0.100. The molecule has 6 heteroatoms. The molecule has 0 aliphatic rings. The quantitative estimate of drug-likeness (QED) is 0.673. The van der Waals surface area contributed by atoms with Crippen LogP contribution < -0.4 is 10.1 Å². The summed E-state index contributed by atoms with van der Waals surface area (Å²) in [6.07, 6.45) is 8.51. The Balaban J connectivity index is 1.64. The van der Waals surface area contributed by atoms with E-state index in [9.17, 15) is 4.79 Å². The molecule has 1 aromatic heterocycles. The lowest BCUT2D eigenvalue weighted by molar-refractivity contribution is -0.116. The molecular formula is C20H18ClN3O2. The fourth-order valence-electron chi connectivity index (χ4n) is 2.44. The highest BCUT2D eigenvalue weighted by Crippen LogP contribution is 2.24. The summed E-state index contributed by atoms with van der Waals surface area (Å²) in [7, 11) is 1.61. The number of nitrogens with one attached hydrogen (secondary N) is 1. The van der Waals surface area contributed by atoms with E-state index in [4.69, 9.17) is 16.3 Å². The number of aromatic nitrogens is 2. The molecule has 132 valence electrons. The number of imidazole rings is 1. The SMILES string of the molecule is COc1cc(/C=C/C(=O)NCc2ccc(Cl)cc2)ccc1-n1ccnc1. The van der Waals surface area contributed by atoms with Crippen molar-refractivity contribution in [3.63, 3.8) is 0 Å². The summed E-state index contributed by atoms with van der Waals surface area (Å²) < 4.78 is 7.30. The van der Waals surface area contributed by atoms with Gasteiger partial charge in [-0.2, -0.15) is 0 Å². The number of methoxy groups -OCH3 is 1. The van der Waals surface area contributed by atoms with Gasteiger partial charge in [-0.25, -0.2) is 4.98 Å². The lowest BCUT2D eigenvalue weighted by Crippen LogP contribution is -2.20. The molecule has 0 radical (unpaired) electrons. The molecule has 0 atom stereocenters. The molecule has 1 amide bonds. The third-order valence-corrected chi connectivity index (χ3v) is 4.05. The van der Waals surface area contributed by atoms with Crippen molar-refractivity contribution in [1.82, 2.24) is 14.9 Å². The van der Waals surface area contributed by atoms with Crippen molar-refractivity contribution in [1.29, 1.82) is 0 Å². The fourth-order valence-corrected chi connectivity index (χ4v) is 2.56. The lowest BCUT2D eigenvalue weighted by Gasteiger charge is -2.09. The van der Waals surface area contributed by atoms with E-state index in [1.807, 2.05) is 41.1 Å². The van der Waals surface area contributed by atoms with Crippen molar-refractivity contribution in [3.8, 4) is 11.4 Å². The Morgan fingerprint density at radius 3 is 2.77 bits per heavy atom. The molecule has 0 bridgehead atoms. The van der Waals surface area contributed by atoms with Gasteiger partial charge in [-0.05, 0) is 41.5 Å². The van der Waals surface area contributed by atoms with E-state index in [0.717, 1.165) is 16.8 Å². The second kappa shape index (κ2) is 8.36. The first-order valence-electron chi connectivity index (χ1n) is 8.02. The number of halogens is 1. The van der Waals surface area contributed by atoms with Crippen molar-refractivity contribution >= 4 is 23.6 Å². The number of rotatable bonds is 6. The second-order valence-corrected chi connectivity index (χ2v) is 6.02. The Kier molecular flexibility index (Phi) is 5.71. The van der Waals surface area contributed by atoms with Crippen LogP contribution in [0.25, 0.3) is 11.8 Å². The first-order valence-corrected chi connectivity index (χ1v) is 8.40. The second-order valence-electron chi connectivity index (χ2n) is 5.58. The summed E-state index contributed by atoms with van der Waals surface area (Å²) in [6, 6.07) is 13.1. The van der Waals surface area contributed by atoms with Crippen LogP contribution in [0.1, 0.15) is 11.1 Å². The van der Waals surface area contributed by atoms with Crippen molar-refractivity contribution in [2.75, 3.05) is 7.11 Å². The van der Waals surface area contributed by atoms with Crippen LogP contribution in [0, 0.1) is 0 Å². The van der Waals surface area contributed by atoms with Crippen LogP contribution in [0.5, 0.6) is 5.75 Å². The Bertz CT molecular complexity index is 903. The van der Waals surface area contributed by atoms with Gasteiger partial charge in [-0.15, -0.1) is 0 Å². The molecule has 26 heavy (non-hydrogen) atoms. The molecule has 1 heterocycles. The predicted octanol–water partition coefficient (Wildman–Crippen LogP) is 3.86. The zero-order chi connectivity index (χ0) is 18.4. The molecular weight excluding hydrogens is 350 g/mol. The van der Waals surface area contributed by atoms with Crippen LogP contribution >= 0.6 is 11.6 Å². The van der Waals surface area contributed by atoms with Gasteiger partial charge in [-0.3, -0.25) is 4.79 Å². The first kappa shape index (κ1) is 17.8. The van der Waals surface area contributed by atoms with E-state index in [-0.39, 0.29) is 5.91 Å². The lowest BCUT2D eigenvalue weighted by atomic mass is 10.1.